The number of hydrogen-bond donors (Lipinski definition) is 2. The number of unbranched alkanes of at least 4 members (excludes halogenated alkanes) is 8. The third kappa shape index (κ3) is 15.5. The number of ether oxygens (including phenoxy) is 1. The molecule has 0 amide bonds. The summed E-state index contributed by atoms with van der Waals surface area (Å²) < 4.78 is 7.59. The maximum absolute atomic E-state index is 9.34. The van der Waals surface area contributed by atoms with Crippen molar-refractivity contribution in [2.45, 2.75) is 84.5 Å². The van der Waals surface area contributed by atoms with Crippen molar-refractivity contribution in [3.8, 4) is 0 Å². The summed E-state index contributed by atoms with van der Waals surface area (Å²) in [5, 5.41) is 17.3. The topological polar surface area (TPSA) is 89.3 Å². The van der Waals surface area contributed by atoms with Crippen LogP contribution in [0.2, 0.25) is 0 Å². The predicted octanol–water partition coefficient (Wildman–Crippen LogP) is 1.92. The molecule has 0 saturated heterocycles. The summed E-state index contributed by atoms with van der Waals surface area (Å²) in [6.07, 6.45) is 16.7. The Bertz CT molecular complexity index is 380. The molecule has 1 atom stereocenters. The van der Waals surface area contributed by atoms with E-state index in [1.807, 2.05) is 23.3 Å². The molecule has 0 aromatic carbocycles. The van der Waals surface area contributed by atoms with Gasteiger partial charge < -0.3 is 19.7 Å². The van der Waals surface area contributed by atoms with Gasteiger partial charge in [0.05, 0.1) is 18.7 Å². The number of carbonyl (C=O) groups is 1. The molecule has 0 fully saturated rings. The highest BCUT2D eigenvalue weighted by Crippen LogP contribution is 2.09. The molecule has 24 heavy (non-hydrogen) atoms. The first-order valence-corrected chi connectivity index (χ1v) is 9.06. The molecule has 2 N–H and O–H groups in total. The van der Waals surface area contributed by atoms with Crippen LogP contribution in [0.25, 0.3) is 0 Å². The van der Waals surface area contributed by atoms with Gasteiger partial charge in [0.2, 0.25) is 6.33 Å². The molecule has 0 radical (unpaired) electrons. The Morgan fingerprint density at radius 2 is 1.71 bits per heavy atom. The van der Waals surface area contributed by atoms with Crippen LogP contribution in [0, 0.1) is 0 Å². The molecule has 1 aromatic rings. The fourth-order valence-electron chi connectivity index (χ4n) is 2.09. The van der Waals surface area contributed by atoms with Crippen LogP contribution in [0.15, 0.2) is 18.7 Å². The first-order chi connectivity index (χ1) is 11.6. The van der Waals surface area contributed by atoms with Gasteiger partial charge in [0, 0.05) is 0 Å². The number of H-pyrrole nitrogens is 1. The second-order valence-electron chi connectivity index (χ2n) is 5.99. The Hall–Kier alpha value is -1.40. The lowest BCUT2D eigenvalue weighted by atomic mass is 10.1. The second kappa shape index (κ2) is 16.5. The Labute approximate surface area is 145 Å². The van der Waals surface area contributed by atoms with Crippen LogP contribution in [0.3, 0.4) is 0 Å². The van der Waals surface area contributed by atoms with Crippen molar-refractivity contribution >= 4 is 5.97 Å². The summed E-state index contributed by atoms with van der Waals surface area (Å²) >= 11 is 0. The molecule has 1 aromatic heterocycles. The van der Waals surface area contributed by atoms with Gasteiger partial charge in [0.15, 0.2) is 6.73 Å². The van der Waals surface area contributed by atoms with Gasteiger partial charge in [-0.05, 0) is 13.3 Å². The largest absolute Gasteiger partial charge is 0.547 e. The van der Waals surface area contributed by atoms with E-state index in [0.29, 0.717) is 6.73 Å². The highest BCUT2D eigenvalue weighted by atomic mass is 16.5. The first-order valence-electron chi connectivity index (χ1n) is 9.06. The lowest BCUT2D eigenvalue weighted by Crippen LogP contribution is -2.32. The van der Waals surface area contributed by atoms with E-state index in [4.69, 9.17) is 9.84 Å². The van der Waals surface area contributed by atoms with Gasteiger partial charge in [-0.15, -0.1) is 0 Å². The molecule has 1 rings (SSSR count). The van der Waals surface area contributed by atoms with Crippen molar-refractivity contribution in [2.24, 2.45) is 0 Å². The molecule has 0 unspecified atom stereocenters. The van der Waals surface area contributed by atoms with E-state index >= 15 is 0 Å². The number of carboxylic acid groups (broad SMARTS) is 1. The molecule has 6 heteroatoms. The molecule has 0 aliphatic carbocycles. The van der Waals surface area contributed by atoms with Crippen molar-refractivity contribution < 1.29 is 24.3 Å². The van der Waals surface area contributed by atoms with Crippen molar-refractivity contribution in [1.29, 1.82) is 0 Å². The minimum absolute atomic E-state index is 0.667. The third-order valence-electron chi connectivity index (χ3n) is 3.58. The van der Waals surface area contributed by atoms with Crippen LogP contribution >= 0.6 is 0 Å². The Kier molecular flexibility index (Phi) is 15.5. The van der Waals surface area contributed by atoms with Crippen molar-refractivity contribution in [3.63, 3.8) is 0 Å². The SMILES string of the molecule is CCCCCCCCCCCOC[n+]1cc[nH]c1.C[C@H](O)C(=O)[O-]. The number of rotatable bonds is 13. The van der Waals surface area contributed by atoms with Crippen LogP contribution in [0.4, 0.5) is 0 Å². The van der Waals surface area contributed by atoms with Gasteiger partial charge in [-0.1, -0.05) is 58.3 Å². The van der Waals surface area contributed by atoms with Crippen LogP contribution in [-0.2, 0) is 16.3 Å². The van der Waals surface area contributed by atoms with Gasteiger partial charge in [0.1, 0.15) is 12.4 Å². The number of nitrogens with zero attached hydrogens (tertiary/aromatic N) is 1. The second-order valence-corrected chi connectivity index (χ2v) is 5.99. The summed E-state index contributed by atoms with van der Waals surface area (Å²) in [5.74, 6) is -1.44. The smallest absolute Gasteiger partial charge is 0.243 e. The van der Waals surface area contributed by atoms with E-state index in [0.717, 1.165) is 13.5 Å². The lowest BCUT2D eigenvalue weighted by molar-refractivity contribution is -0.731. The number of aliphatic hydroxyl groups is 1. The average molecular weight is 342 g/mol. The molecule has 0 aliphatic rings. The molecule has 0 bridgehead atoms. The van der Waals surface area contributed by atoms with Gasteiger partial charge >= 0.3 is 0 Å². The van der Waals surface area contributed by atoms with E-state index in [9.17, 15) is 9.90 Å². The molecule has 0 spiro atoms. The molecule has 0 aliphatic heterocycles. The highest BCUT2D eigenvalue weighted by Gasteiger charge is 1.96. The van der Waals surface area contributed by atoms with Crippen molar-refractivity contribution in [2.75, 3.05) is 6.61 Å². The quantitative estimate of drug-likeness (QED) is 0.423. The summed E-state index contributed by atoms with van der Waals surface area (Å²) in [7, 11) is 0. The number of carboxylic acids is 1. The summed E-state index contributed by atoms with van der Waals surface area (Å²) in [4.78, 5) is 12.3. The summed E-state index contributed by atoms with van der Waals surface area (Å²) in [6.45, 7) is 4.95. The van der Waals surface area contributed by atoms with E-state index in [1.54, 1.807) is 0 Å². The van der Waals surface area contributed by atoms with Gasteiger partial charge in [-0.25, -0.2) is 4.57 Å². The minimum Gasteiger partial charge on any atom is -0.547 e. The monoisotopic (exact) mass is 342 g/mol. The Morgan fingerprint density at radius 1 is 1.17 bits per heavy atom. The Balaban J connectivity index is 0.000000754. The fourth-order valence-corrected chi connectivity index (χ4v) is 2.09. The normalized spacial score (nSPS) is 11.6. The molecule has 0 saturated carbocycles. The molecule has 6 nitrogen and oxygen atoms in total. The summed E-state index contributed by atoms with van der Waals surface area (Å²) in [5.41, 5.74) is 0. The minimum atomic E-state index is -1.44. The van der Waals surface area contributed by atoms with E-state index in [1.165, 1.54) is 57.8 Å². The number of imidazole rings is 1. The van der Waals surface area contributed by atoms with Crippen molar-refractivity contribution in [1.82, 2.24) is 4.98 Å². The van der Waals surface area contributed by atoms with E-state index in [2.05, 4.69) is 11.9 Å². The number of carbonyl (C=O) groups excluding carboxylic acids is 1. The van der Waals surface area contributed by atoms with Crippen LogP contribution in [-0.4, -0.2) is 28.8 Å². The van der Waals surface area contributed by atoms with Gasteiger partial charge in [-0.2, -0.15) is 0 Å². The third-order valence-corrected chi connectivity index (χ3v) is 3.58. The number of aromatic amines is 1. The van der Waals surface area contributed by atoms with E-state index < -0.39 is 12.1 Å². The Morgan fingerprint density at radius 3 is 2.17 bits per heavy atom. The average Bonchev–Trinajstić information content (AvgIpc) is 3.06. The van der Waals surface area contributed by atoms with Crippen LogP contribution in [0.5, 0.6) is 0 Å². The van der Waals surface area contributed by atoms with Crippen LogP contribution in [0.1, 0.15) is 71.6 Å². The molecular weight excluding hydrogens is 308 g/mol. The van der Waals surface area contributed by atoms with Gasteiger partial charge in [0.25, 0.3) is 0 Å². The van der Waals surface area contributed by atoms with E-state index in [-0.39, 0.29) is 0 Å². The number of aliphatic carboxylic acids is 1. The van der Waals surface area contributed by atoms with Crippen LogP contribution < -0.4 is 9.67 Å². The number of aromatic nitrogens is 2. The maximum Gasteiger partial charge on any atom is 0.243 e. The highest BCUT2D eigenvalue weighted by molar-refractivity contribution is 5.68. The molecule has 140 valence electrons. The summed E-state index contributed by atoms with van der Waals surface area (Å²) in [6, 6.07) is 0. The maximum atomic E-state index is 9.34. The molecule has 1 heterocycles. The zero-order valence-corrected chi connectivity index (χ0v) is 15.2. The fraction of sp³-hybridized carbons (Fsp3) is 0.778. The molecular formula is C18H34N2O4. The zero-order chi connectivity index (χ0) is 18.0. The number of nitrogens with one attached hydrogen (secondary N) is 1. The first kappa shape index (κ1) is 22.6. The van der Waals surface area contributed by atoms with Crippen molar-refractivity contribution in [3.05, 3.63) is 18.7 Å². The number of aliphatic hydroxyl groups excluding tert-OH is 1. The lowest BCUT2D eigenvalue weighted by Gasteiger charge is -2.02. The standard InChI is InChI=1S/C15H28N2O.C3H6O3/c1-2-3-4-5-6-7-8-9-10-13-18-15-17-12-11-16-14-17;1-2(4)3(5)6/h11-12,14H,2-10,13,15H2,1H3;2,4H,1H3,(H,5,6)/t;2-/m.0/s1. The number of hydrogen-bond acceptors (Lipinski definition) is 4. The zero-order valence-electron chi connectivity index (χ0n) is 15.2. The van der Waals surface area contributed by atoms with Gasteiger partial charge in [-0.3, -0.25) is 4.98 Å². The predicted molar refractivity (Wildman–Crippen MR) is 90.9 cm³/mol.